The van der Waals surface area contributed by atoms with Crippen LogP contribution in [0.2, 0.25) is 0 Å². The summed E-state index contributed by atoms with van der Waals surface area (Å²) in [5.41, 5.74) is 0. The van der Waals surface area contributed by atoms with E-state index in [0.717, 1.165) is 5.82 Å². The molecular weight excluding hydrogens is 399 g/mol. The molecule has 0 saturated carbocycles. The number of ether oxygens (including phenoxy) is 1. The molecule has 3 rings (SSSR count). The Morgan fingerprint density at radius 2 is 1.83 bits per heavy atom. The lowest BCUT2D eigenvalue weighted by Gasteiger charge is -2.34. The topological polar surface area (TPSA) is 91.8 Å². The van der Waals surface area contributed by atoms with Gasteiger partial charge in [0.05, 0.1) is 5.75 Å². The van der Waals surface area contributed by atoms with Crippen molar-refractivity contribution in [3.05, 3.63) is 54.5 Å². The lowest BCUT2D eigenvalue weighted by atomic mass is 10.3. The van der Waals surface area contributed by atoms with Crippen LogP contribution >= 0.6 is 0 Å². The smallest absolute Gasteiger partial charge is 0.257 e. The number of nitrogens with zero attached hydrogens (tertiary/aromatic N) is 3. The summed E-state index contributed by atoms with van der Waals surface area (Å²) in [6.07, 6.45) is 1.71. The van der Waals surface area contributed by atoms with Crippen LogP contribution < -0.4 is 15.0 Å². The molecule has 8 nitrogen and oxygen atoms in total. The van der Waals surface area contributed by atoms with E-state index >= 15 is 0 Å². The lowest BCUT2D eigenvalue weighted by Crippen LogP contribution is -2.50. The normalized spacial score (nSPS) is 15.1. The van der Waals surface area contributed by atoms with Crippen molar-refractivity contribution in [2.75, 3.05) is 50.0 Å². The maximum Gasteiger partial charge on any atom is 0.257 e. The Kier molecular flexibility index (Phi) is 6.99. The van der Waals surface area contributed by atoms with Crippen molar-refractivity contribution in [1.29, 1.82) is 0 Å². The van der Waals surface area contributed by atoms with Crippen molar-refractivity contribution in [3.8, 4) is 5.75 Å². The summed E-state index contributed by atoms with van der Waals surface area (Å²) >= 11 is 0. The third-order valence-corrected chi connectivity index (χ3v) is 6.34. The number of benzene rings is 1. The Morgan fingerprint density at radius 3 is 2.48 bits per heavy atom. The quantitative estimate of drug-likeness (QED) is 0.679. The molecule has 0 radical (unpaired) electrons. The van der Waals surface area contributed by atoms with Gasteiger partial charge in [0.1, 0.15) is 17.4 Å². The standard InChI is InChI=1S/C19H23FN4O4S/c20-16-4-6-17(7-5-16)28-15-19(25)22-9-14-29(26,27)24-12-10-23(11-13-24)18-3-1-2-8-21-18/h1-8H,9-15H2,(H,22,25). The Bertz CT molecular complexity index is 902. The van der Waals surface area contributed by atoms with E-state index in [1.807, 2.05) is 23.1 Å². The Morgan fingerprint density at radius 1 is 1.10 bits per heavy atom. The lowest BCUT2D eigenvalue weighted by molar-refractivity contribution is -0.122. The minimum absolute atomic E-state index is 0.00556. The van der Waals surface area contributed by atoms with Crippen LogP contribution in [0.3, 0.4) is 0 Å². The summed E-state index contributed by atoms with van der Waals surface area (Å²) in [6, 6.07) is 10.9. The van der Waals surface area contributed by atoms with Crippen LogP contribution in [-0.2, 0) is 14.8 Å². The van der Waals surface area contributed by atoms with Gasteiger partial charge in [0.15, 0.2) is 6.61 Å². The summed E-state index contributed by atoms with van der Waals surface area (Å²) in [5.74, 6) is 0.175. The average Bonchev–Trinajstić information content (AvgIpc) is 2.74. The average molecular weight is 422 g/mol. The molecular formula is C19H23FN4O4S. The molecule has 0 spiro atoms. The van der Waals surface area contributed by atoms with E-state index in [9.17, 15) is 17.6 Å². The zero-order valence-corrected chi connectivity index (χ0v) is 16.6. The molecule has 0 unspecified atom stereocenters. The van der Waals surface area contributed by atoms with Crippen LogP contribution in [0.4, 0.5) is 10.2 Å². The maximum atomic E-state index is 12.8. The first-order chi connectivity index (χ1) is 13.9. The predicted molar refractivity (Wildman–Crippen MR) is 107 cm³/mol. The Balaban J connectivity index is 1.38. The number of rotatable bonds is 8. The second-order valence-corrected chi connectivity index (χ2v) is 8.57. The Labute approximate surface area is 169 Å². The molecule has 2 aromatic rings. The minimum Gasteiger partial charge on any atom is -0.484 e. The summed E-state index contributed by atoms with van der Waals surface area (Å²) in [5, 5.41) is 2.53. The number of carbonyl (C=O) groups excluding carboxylic acids is 1. The van der Waals surface area contributed by atoms with E-state index < -0.39 is 21.7 Å². The molecule has 1 aliphatic heterocycles. The number of sulfonamides is 1. The third kappa shape index (κ3) is 6.13. The number of pyridine rings is 1. The van der Waals surface area contributed by atoms with Gasteiger partial charge in [0.2, 0.25) is 10.0 Å². The number of hydrogen-bond donors (Lipinski definition) is 1. The summed E-state index contributed by atoms with van der Waals surface area (Å²) in [6.45, 7) is 1.60. The van der Waals surface area contributed by atoms with Gasteiger partial charge >= 0.3 is 0 Å². The number of piperazine rings is 1. The van der Waals surface area contributed by atoms with Crippen molar-refractivity contribution in [2.45, 2.75) is 0 Å². The molecule has 29 heavy (non-hydrogen) atoms. The van der Waals surface area contributed by atoms with E-state index in [0.29, 0.717) is 31.9 Å². The highest BCUT2D eigenvalue weighted by molar-refractivity contribution is 7.89. The molecule has 2 heterocycles. The monoisotopic (exact) mass is 422 g/mol. The molecule has 0 aliphatic carbocycles. The molecule has 156 valence electrons. The van der Waals surface area contributed by atoms with Crippen LogP contribution in [-0.4, -0.2) is 68.7 Å². The summed E-state index contributed by atoms with van der Waals surface area (Å²) in [7, 11) is -3.47. The molecule has 1 aromatic carbocycles. The van der Waals surface area contributed by atoms with Gasteiger partial charge in [-0.2, -0.15) is 4.31 Å². The molecule has 1 N–H and O–H groups in total. The molecule has 1 saturated heterocycles. The summed E-state index contributed by atoms with van der Waals surface area (Å²) in [4.78, 5) is 18.1. The van der Waals surface area contributed by atoms with Gasteiger partial charge in [-0.25, -0.2) is 17.8 Å². The van der Waals surface area contributed by atoms with E-state index in [4.69, 9.17) is 4.74 Å². The van der Waals surface area contributed by atoms with Crippen molar-refractivity contribution in [2.24, 2.45) is 0 Å². The second kappa shape index (κ2) is 9.66. The summed E-state index contributed by atoms with van der Waals surface area (Å²) < 4.78 is 44.5. The van der Waals surface area contributed by atoms with Gasteiger partial charge in [0, 0.05) is 38.9 Å². The number of amides is 1. The first-order valence-corrected chi connectivity index (χ1v) is 10.8. The number of anilines is 1. The van der Waals surface area contributed by atoms with E-state index in [1.165, 1.54) is 28.6 Å². The largest absolute Gasteiger partial charge is 0.484 e. The molecule has 1 fully saturated rings. The van der Waals surface area contributed by atoms with Crippen LogP contribution in [0.25, 0.3) is 0 Å². The van der Waals surface area contributed by atoms with E-state index in [2.05, 4.69) is 10.3 Å². The first-order valence-electron chi connectivity index (χ1n) is 9.23. The minimum atomic E-state index is -3.47. The van der Waals surface area contributed by atoms with Gasteiger partial charge in [-0.1, -0.05) is 6.07 Å². The van der Waals surface area contributed by atoms with Crippen molar-refractivity contribution < 1.29 is 22.3 Å². The maximum absolute atomic E-state index is 12.8. The highest BCUT2D eigenvalue weighted by Crippen LogP contribution is 2.14. The number of halogens is 1. The zero-order chi connectivity index (χ0) is 20.7. The fourth-order valence-corrected chi connectivity index (χ4v) is 4.25. The van der Waals surface area contributed by atoms with Gasteiger partial charge in [-0.05, 0) is 36.4 Å². The number of hydrogen-bond acceptors (Lipinski definition) is 6. The molecule has 1 amide bonds. The molecule has 1 aliphatic rings. The van der Waals surface area contributed by atoms with Crippen LogP contribution in [0, 0.1) is 5.82 Å². The first kappa shape index (κ1) is 21.0. The van der Waals surface area contributed by atoms with Gasteiger partial charge in [-0.3, -0.25) is 4.79 Å². The van der Waals surface area contributed by atoms with Crippen molar-refractivity contribution in [1.82, 2.24) is 14.6 Å². The fourth-order valence-electron chi connectivity index (χ4n) is 2.92. The van der Waals surface area contributed by atoms with Gasteiger partial charge in [0.25, 0.3) is 5.91 Å². The second-order valence-electron chi connectivity index (χ2n) is 6.48. The third-order valence-electron chi connectivity index (χ3n) is 4.47. The molecule has 1 aromatic heterocycles. The zero-order valence-electron chi connectivity index (χ0n) is 15.8. The SMILES string of the molecule is O=C(COc1ccc(F)cc1)NCCS(=O)(=O)N1CCN(c2ccccn2)CC1. The molecule has 10 heteroatoms. The molecule has 0 atom stereocenters. The Hall–Kier alpha value is -2.72. The number of nitrogens with one attached hydrogen (secondary N) is 1. The van der Waals surface area contributed by atoms with Gasteiger partial charge < -0.3 is 15.0 Å². The van der Waals surface area contributed by atoms with E-state index in [-0.39, 0.29) is 18.9 Å². The fraction of sp³-hybridized carbons (Fsp3) is 0.368. The predicted octanol–water partition coefficient (Wildman–Crippen LogP) is 0.868. The number of carbonyl (C=O) groups is 1. The molecule has 0 bridgehead atoms. The van der Waals surface area contributed by atoms with Crippen LogP contribution in [0.5, 0.6) is 5.75 Å². The number of aromatic nitrogens is 1. The van der Waals surface area contributed by atoms with Crippen molar-refractivity contribution >= 4 is 21.7 Å². The van der Waals surface area contributed by atoms with Gasteiger partial charge in [-0.15, -0.1) is 0 Å². The highest BCUT2D eigenvalue weighted by atomic mass is 32.2. The van der Waals surface area contributed by atoms with E-state index in [1.54, 1.807) is 6.20 Å². The van der Waals surface area contributed by atoms with Crippen LogP contribution in [0.15, 0.2) is 48.7 Å². The highest BCUT2D eigenvalue weighted by Gasteiger charge is 2.27. The van der Waals surface area contributed by atoms with Crippen LogP contribution in [0.1, 0.15) is 0 Å². The van der Waals surface area contributed by atoms with Crippen molar-refractivity contribution in [3.63, 3.8) is 0 Å².